The summed E-state index contributed by atoms with van der Waals surface area (Å²) in [6.07, 6.45) is 3.79. The molecule has 1 saturated heterocycles. The van der Waals surface area contributed by atoms with Gasteiger partial charge in [0.05, 0.1) is 13.2 Å². The van der Waals surface area contributed by atoms with Gasteiger partial charge in [-0.1, -0.05) is 6.07 Å². The van der Waals surface area contributed by atoms with Crippen LogP contribution in [0.15, 0.2) is 12.1 Å². The number of fused-ring (bicyclic) bond motifs is 2. The number of ether oxygens (including phenoxy) is 2. The van der Waals surface area contributed by atoms with Crippen LogP contribution in [0.5, 0.6) is 11.5 Å². The first-order valence-electron chi connectivity index (χ1n) is 8.61. The Morgan fingerprint density at radius 2 is 2.08 bits per heavy atom. The molecule has 1 aromatic carbocycles. The SMILES string of the molecule is Cc1ccc(O[C@H]2C[C@H](N3C(=O)CNC3=O)C2)c2c1OCC21CC1. The number of hydrogen-bond acceptors (Lipinski definition) is 4. The van der Waals surface area contributed by atoms with E-state index in [4.69, 9.17) is 9.47 Å². The Kier molecular flexibility index (Phi) is 2.74. The van der Waals surface area contributed by atoms with Crippen molar-refractivity contribution in [1.29, 1.82) is 0 Å². The first kappa shape index (κ1) is 14.1. The molecule has 126 valence electrons. The quantitative estimate of drug-likeness (QED) is 0.860. The van der Waals surface area contributed by atoms with E-state index in [9.17, 15) is 9.59 Å². The molecule has 0 atom stereocenters. The molecule has 0 radical (unpaired) electrons. The molecule has 5 rings (SSSR count). The van der Waals surface area contributed by atoms with Crippen LogP contribution in [0.4, 0.5) is 4.79 Å². The van der Waals surface area contributed by atoms with Gasteiger partial charge >= 0.3 is 6.03 Å². The molecule has 0 aromatic heterocycles. The van der Waals surface area contributed by atoms with Crippen LogP contribution >= 0.6 is 0 Å². The number of nitrogens with zero attached hydrogens (tertiary/aromatic N) is 1. The molecule has 4 aliphatic rings. The van der Waals surface area contributed by atoms with Gasteiger partial charge in [-0.15, -0.1) is 0 Å². The third-order valence-electron chi connectivity index (χ3n) is 5.80. The van der Waals surface area contributed by atoms with E-state index < -0.39 is 0 Å². The van der Waals surface area contributed by atoms with Crippen molar-refractivity contribution in [2.45, 2.75) is 50.2 Å². The highest BCUT2D eigenvalue weighted by molar-refractivity contribution is 6.02. The molecule has 2 aliphatic carbocycles. The Labute approximate surface area is 140 Å². The lowest BCUT2D eigenvalue weighted by atomic mass is 9.87. The van der Waals surface area contributed by atoms with Gasteiger partial charge in [0.25, 0.3) is 0 Å². The minimum Gasteiger partial charge on any atom is -0.492 e. The van der Waals surface area contributed by atoms with Crippen LogP contribution in [0, 0.1) is 6.92 Å². The average molecular weight is 328 g/mol. The molecule has 3 amide bonds. The number of rotatable bonds is 3. The van der Waals surface area contributed by atoms with Crippen molar-refractivity contribution >= 4 is 11.9 Å². The van der Waals surface area contributed by atoms with Gasteiger partial charge in [0.15, 0.2) is 0 Å². The molecule has 2 heterocycles. The fraction of sp³-hybridized carbons (Fsp3) is 0.556. The van der Waals surface area contributed by atoms with Crippen molar-refractivity contribution < 1.29 is 19.1 Å². The molecule has 3 fully saturated rings. The van der Waals surface area contributed by atoms with Crippen LogP contribution in [0.25, 0.3) is 0 Å². The van der Waals surface area contributed by atoms with E-state index in [1.54, 1.807) is 0 Å². The minimum absolute atomic E-state index is 0.0327. The van der Waals surface area contributed by atoms with Gasteiger partial charge in [0, 0.05) is 29.9 Å². The molecule has 0 bridgehead atoms. The highest BCUT2D eigenvalue weighted by atomic mass is 16.5. The van der Waals surface area contributed by atoms with Gasteiger partial charge in [-0.05, 0) is 31.4 Å². The summed E-state index contributed by atoms with van der Waals surface area (Å²) >= 11 is 0. The summed E-state index contributed by atoms with van der Waals surface area (Å²) in [6.45, 7) is 2.95. The van der Waals surface area contributed by atoms with Crippen LogP contribution in [0.1, 0.15) is 36.8 Å². The summed E-state index contributed by atoms with van der Waals surface area (Å²) in [5.41, 5.74) is 2.57. The van der Waals surface area contributed by atoms with E-state index in [0.717, 1.165) is 36.5 Å². The number of carbonyl (C=O) groups is 2. The van der Waals surface area contributed by atoms with E-state index in [-0.39, 0.29) is 36.0 Å². The second kappa shape index (κ2) is 4.65. The Bertz CT molecular complexity index is 734. The maximum Gasteiger partial charge on any atom is 0.324 e. The molecule has 0 unspecified atom stereocenters. The number of aryl methyl sites for hydroxylation is 1. The van der Waals surface area contributed by atoms with Crippen molar-refractivity contribution in [3.05, 3.63) is 23.3 Å². The first-order chi connectivity index (χ1) is 11.6. The number of imide groups is 1. The molecule has 2 saturated carbocycles. The van der Waals surface area contributed by atoms with Crippen LogP contribution in [-0.2, 0) is 10.2 Å². The molecule has 2 aliphatic heterocycles. The maximum absolute atomic E-state index is 11.8. The van der Waals surface area contributed by atoms with Gasteiger partial charge in [-0.2, -0.15) is 0 Å². The molecular weight excluding hydrogens is 308 g/mol. The topological polar surface area (TPSA) is 67.9 Å². The van der Waals surface area contributed by atoms with Crippen molar-refractivity contribution in [2.75, 3.05) is 13.2 Å². The number of hydrogen-bond donors (Lipinski definition) is 1. The van der Waals surface area contributed by atoms with E-state index in [1.807, 2.05) is 12.1 Å². The maximum atomic E-state index is 11.8. The predicted molar refractivity (Wildman–Crippen MR) is 85.3 cm³/mol. The van der Waals surface area contributed by atoms with Crippen LogP contribution in [0.2, 0.25) is 0 Å². The Hall–Kier alpha value is -2.24. The summed E-state index contributed by atoms with van der Waals surface area (Å²) in [6, 6.07) is 3.78. The summed E-state index contributed by atoms with van der Waals surface area (Å²) in [4.78, 5) is 24.8. The van der Waals surface area contributed by atoms with Gasteiger partial charge in [-0.3, -0.25) is 9.69 Å². The van der Waals surface area contributed by atoms with Gasteiger partial charge in [-0.25, -0.2) is 4.79 Å². The average Bonchev–Trinajstić information content (AvgIpc) is 3.09. The second-order valence-electron chi connectivity index (χ2n) is 7.44. The van der Waals surface area contributed by atoms with E-state index in [2.05, 4.69) is 12.2 Å². The Balaban J connectivity index is 1.32. The lowest BCUT2D eigenvalue weighted by molar-refractivity contribution is -0.129. The zero-order valence-electron chi connectivity index (χ0n) is 13.6. The number of benzene rings is 1. The zero-order chi connectivity index (χ0) is 16.5. The summed E-state index contributed by atoms with van der Waals surface area (Å²) in [5.74, 6) is 1.78. The van der Waals surface area contributed by atoms with Crippen LogP contribution < -0.4 is 14.8 Å². The molecule has 6 nitrogen and oxygen atoms in total. The Morgan fingerprint density at radius 1 is 1.29 bits per heavy atom. The highest BCUT2D eigenvalue weighted by Gasteiger charge is 2.53. The van der Waals surface area contributed by atoms with Crippen LogP contribution in [0.3, 0.4) is 0 Å². The van der Waals surface area contributed by atoms with E-state index >= 15 is 0 Å². The van der Waals surface area contributed by atoms with Crippen molar-refractivity contribution in [3.63, 3.8) is 0 Å². The summed E-state index contributed by atoms with van der Waals surface area (Å²) in [5, 5.41) is 2.57. The number of carbonyl (C=O) groups excluding carboxylic acids is 2. The van der Waals surface area contributed by atoms with Gasteiger partial charge in [0.1, 0.15) is 17.6 Å². The smallest absolute Gasteiger partial charge is 0.324 e. The monoisotopic (exact) mass is 328 g/mol. The highest BCUT2D eigenvalue weighted by Crippen LogP contribution is 2.59. The molecular formula is C18H20N2O4. The molecule has 6 heteroatoms. The van der Waals surface area contributed by atoms with Crippen molar-refractivity contribution in [1.82, 2.24) is 10.2 Å². The van der Waals surface area contributed by atoms with Gasteiger partial charge in [0.2, 0.25) is 5.91 Å². The summed E-state index contributed by atoms with van der Waals surface area (Å²) in [7, 11) is 0. The Morgan fingerprint density at radius 3 is 2.75 bits per heavy atom. The molecule has 1 N–H and O–H groups in total. The number of urea groups is 1. The standard InChI is InChI=1S/C18H20N2O4/c1-10-2-3-13(15-16(10)23-9-18(15)4-5-18)24-12-6-11(7-12)20-14(21)8-19-17(20)22/h2-3,11-12H,4-9H2,1H3,(H,19,22)/t11-,12-. The van der Waals surface area contributed by atoms with Crippen molar-refractivity contribution in [3.8, 4) is 11.5 Å². The summed E-state index contributed by atoms with van der Waals surface area (Å²) < 4.78 is 12.2. The lowest BCUT2D eigenvalue weighted by Gasteiger charge is -2.39. The van der Waals surface area contributed by atoms with Gasteiger partial charge < -0.3 is 14.8 Å². The number of nitrogens with one attached hydrogen (secondary N) is 1. The van der Waals surface area contributed by atoms with Crippen LogP contribution in [-0.4, -0.2) is 42.1 Å². The molecule has 24 heavy (non-hydrogen) atoms. The fourth-order valence-corrected chi connectivity index (χ4v) is 4.11. The first-order valence-corrected chi connectivity index (χ1v) is 8.61. The second-order valence-corrected chi connectivity index (χ2v) is 7.44. The minimum atomic E-state index is -0.273. The fourth-order valence-electron chi connectivity index (χ4n) is 4.11. The molecule has 1 aromatic rings. The third kappa shape index (κ3) is 1.88. The predicted octanol–water partition coefficient (Wildman–Crippen LogP) is 1.88. The third-order valence-corrected chi connectivity index (χ3v) is 5.80. The normalized spacial score (nSPS) is 29.1. The number of amides is 3. The molecule has 1 spiro atoms. The van der Waals surface area contributed by atoms with Crippen molar-refractivity contribution in [2.24, 2.45) is 0 Å². The lowest BCUT2D eigenvalue weighted by Crippen LogP contribution is -2.51. The largest absolute Gasteiger partial charge is 0.492 e. The zero-order valence-corrected chi connectivity index (χ0v) is 13.6. The van der Waals surface area contributed by atoms with E-state index in [0.29, 0.717) is 12.8 Å². The van der Waals surface area contributed by atoms with E-state index in [1.165, 1.54) is 10.5 Å².